The number of nitrogen functional groups attached to an aromatic ring is 1. The van der Waals surface area contributed by atoms with E-state index in [-0.39, 0.29) is 6.54 Å². The molecule has 0 saturated heterocycles. The number of carbonyl (C=O) groups is 1. The third-order valence-corrected chi connectivity index (χ3v) is 2.07. The van der Waals surface area contributed by atoms with E-state index in [2.05, 4.69) is 22.1 Å². The molecule has 0 aliphatic rings. The van der Waals surface area contributed by atoms with Crippen LogP contribution in [0.15, 0.2) is 12.3 Å². The molecule has 0 radical (unpaired) electrons. The normalized spacial score (nSPS) is 10.3. The zero-order valence-corrected chi connectivity index (χ0v) is 11.7. The number of rotatable bonds is 1. The molecule has 1 aromatic heterocycles. The second-order valence-electron chi connectivity index (χ2n) is 5.08. The zero-order chi connectivity index (χ0) is 14.5. The number of nitrogens with one attached hydrogen (secondary N) is 1. The van der Waals surface area contributed by atoms with Crippen LogP contribution in [0.2, 0.25) is 0 Å². The van der Waals surface area contributed by atoms with Crippen molar-refractivity contribution in [3.63, 3.8) is 0 Å². The van der Waals surface area contributed by atoms with Crippen molar-refractivity contribution in [2.45, 2.75) is 33.3 Å². The number of aromatic nitrogens is 1. The van der Waals surface area contributed by atoms with Gasteiger partial charge in [-0.25, -0.2) is 9.78 Å². The molecule has 102 valence electrons. The lowest BCUT2D eigenvalue weighted by Gasteiger charge is -2.18. The zero-order valence-electron chi connectivity index (χ0n) is 11.7. The van der Waals surface area contributed by atoms with Crippen LogP contribution in [0.25, 0.3) is 0 Å². The van der Waals surface area contributed by atoms with E-state index >= 15 is 0 Å². The molecule has 1 aromatic rings. The molecule has 0 unspecified atom stereocenters. The molecule has 1 heterocycles. The molecule has 0 atom stereocenters. The molecular weight excluding hydrogens is 242 g/mol. The molecule has 0 aliphatic carbocycles. The van der Waals surface area contributed by atoms with E-state index in [1.807, 2.05) is 13.0 Å². The molecule has 19 heavy (non-hydrogen) atoms. The molecule has 0 aliphatic heterocycles. The monoisotopic (exact) mass is 261 g/mol. The Morgan fingerprint density at radius 3 is 2.79 bits per heavy atom. The highest BCUT2D eigenvalue weighted by molar-refractivity contribution is 5.68. The van der Waals surface area contributed by atoms with E-state index in [4.69, 9.17) is 10.5 Å². The summed E-state index contributed by atoms with van der Waals surface area (Å²) >= 11 is 0. The van der Waals surface area contributed by atoms with Crippen LogP contribution in [0.3, 0.4) is 0 Å². The van der Waals surface area contributed by atoms with E-state index in [1.54, 1.807) is 27.0 Å². The molecule has 0 spiro atoms. The number of nitrogens with zero attached hydrogens (tertiary/aromatic N) is 1. The Hall–Kier alpha value is -2.22. The van der Waals surface area contributed by atoms with Gasteiger partial charge < -0.3 is 15.8 Å². The topological polar surface area (TPSA) is 77.2 Å². The van der Waals surface area contributed by atoms with Crippen LogP contribution in [0.4, 0.5) is 10.6 Å². The average molecular weight is 261 g/mol. The van der Waals surface area contributed by atoms with Gasteiger partial charge in [-0.3, -0.25) is 0 Å². The van der Waals surface area contributed by atoms with Crippen LogP contribution < -0.4 is 11.1 Å². The predicted molar refractivity (Wildman–Crippen MR) is 74.5 cm³/mol. The van der Waals surface area contributed by atoms with Crippen LogP contribution in [-0.2, 0) is 4.74 Å². The van der Waals surface area contributed by atoms with E-state index in [1.165, 1.54) is 0 Å². The minimum absolute atomic E-state index is 0.221. The van der Waals surface area contributed by atoms with Crippen molar-refractivity contribution in [1.82, 2.24) is 10.3 Å². The third kappa shape index (κ3) is 5.77. The Kier molecular flexibility index (Phi) is 4.76. The number of amides is 1. The number of ether oxygens (including phenoxy) is 1. The quantitative estimate of drug-likeness (QED) is 0.756. The van der Waals surface area contributed by atoms with E-state index in [0.717, 1.165) is 11.1 Å². The Balaban J connectivity index is 2.47. The molecule has 0 bridgehead atoms. The molecule has 5 heteroatoms. The molecule has 1 rings (SSSR count). The molecule has 3 N–H and O–H groups in total. The Morgan fingerprint density at radius 2 is 2.21 bits per heavy atom. The Bertz CT molecular complexity index is 522. The number of pyridine rings is 1. The smallest absolute Gasteiger partial charge is 0.408 e. The summed E-state index contributed by atoms with van der Waals surface area (Å²) in [6.45, 7) is 7.51. The standard InChI is InChI=1S/C14H19N3O2/c1-10-8-11(9-17-12(10)15)6-5-7-16-13(18)19-14(2,3)4/h8-9H,7H2,1-4H3,(H2,15,17)(H,16,18). The van der Waals surface area contributed by atoms with Gasteiger partial charge in [-0.05, 0) is 39.3 Å². The van der Waals surface area contributed by atoms with Gasteiger partial charge in [-0.2, -0.15) is 0 Å². The first-order valence-electron chi connectivity index (χ1n) is 5.96. The number of nitrogens with two attached hydrogens (primary N) is 1. The van der Waals surface area contributed by atoms with E-state index < -0.39 is 11.7 Å². The van der Waals surface area contributed by atoms with Gasteiger partial charge >= 0.3 is 6.09 Å². The highest BCUT2D eigenvalue weighted by Gasteiger charge is 2.14. The fraction of sp³-hybridized carbons (Fsp3) is 0.429. The second-order valence-corrected chi connectivity index (χ2v) is 5.08. The number of aryl methyl sites for hydroxylation is 1. The first-order valence-corrected chi connectivity index (χ1v) is 5.96. The van der Waals surface area contributed by atoms with Crippen molar-refractivity contribution in [1.29, 1.82) is 0 Å². The van der Waals surface area contributed by atoms with Gasteiger partial charge in [-0.1, -0.05) is 11.8 Å². The number of carbonyl (C=O) groups excluding carboxylic acids is 1. The van der Waals surface area contributed by atoms with Crippen molar-refractivity contribution in [3.05, 3.63) is 23.4 Å². The van der Waals surface area contributed by atoms with Crippen molar-refractivity contribution in [2.24, 2.45) is 0 Å². The second kappa shape index (κ2) is 6.10. The minimum Gasteiger partial charge on any atom is -0.444 e. The van der Waals surface area contributed by atoms with Gasteiger partial charge in [0.2, 0.25) is 0 Å². The van der Waals surface area contributed by atoms with Crippen LogP contribution >= 0.6 is 0 Å². The van der Waals surface area contributed by atoms with Crippen LogP contribution in [0.5, 0.6) is 0 Å². The summed E-state index contributed by atoms with van der Waals surface area (Å²) in [5.41, 5.74) is 6.75. The lowest BCUT2D eigenvalue weighted by atomic mass is 10.2. The number of anilines is 1. The maximum absolute atomic E-state index is 11.3. The summed E-state index contributed by atoms with van der Waals surface area (Å²) in [6.07, 6.45) is 1.12. The number of alkyl carbamates (subject to hydrolysis) is 1. The summed E-state index contributed by atoms with van der Waals surface area (Å²) < 4.78 is 5.08. The van der Waals surface area contributed by atoms with Crippen molar-refractivity contribution in [3.8, 4) is 11.8 Å². The van der Waals surface area contributed by atoms with Crippen LogP contribution in [0.1, 0.15) is 31.9 Å². The summed E-state index contributed by atoms with van der Waals surface area (Å²) in [5, 5.41) is 2.56. The lowest BCUT2D eigenvalue weighted by Crippen LogP contribution is -2.32. The largest absolute Gasteiger partial charge is 0.444 e. The fourth-order valence-corrected chi connectivity index (χ4v) is 1.23. The average Bonchev–Trinajstić information content (AvgIpc) is 2.27. The van der Waals surface area contributed by atoms with Gasteiger partial charge in [0.05, 0.1) is 6.54 Å². The Labute approximate surface area is 113 Å². The first-order chi connectivity index (χ1) is 8.78. The van der Waals surface area contributed by atoms with E-state index in [9.17, 15) is 4.79 Å². The fourth-order valence-electron chi connectivity index (χ4n) is 1.23. The number of hydrogen-bond donors (Lipinski definition) is 2. The van der Waals surface area contributed by atoms with Crippen LogP contribution in [0, 0.1) is 18.8 Å². The van der Waals surface area contributed by atoms with Gasteiger partial charge in [0.25, 0.3) is 0 Å². The summed E-state index contributed by atoms with van der Waals surface area (Å²) in [7, 11) is 0. The SMILES string of the molecule is Cc1cc(C#CCNC(=O)OC(C)(C)C)cnc1N. The highest BCUT2D eigenvalue weighted by Crippen LogP contribution is 2.07. The predicted octanol–water partition coefficient (Wildman–Crippen LogP) is 1.85. The Morgan fingerprint density at radius 1 is 1.53 bits per heavy atom. The molecule has 5 nitrogen and oxygen atoms in total. The van der Waals surface area contributed by atoms with Crippen molar-refractivity contribution in [2.75, 3.05) is 12.3 Å². The molecule has 0 fully saturated rings. The molecule has 0 saturated carbocycles. The summed E-state index contributed by atoms with van der Waals surface area (Å²) in [4.78, 5) is 15.3. The highest BCUT2D eigenvalue weighted by atomic mass is 16.6. The van der Waals surface area contributed by atoms with Gasteiger partial charge in [-0.15, -0.1) is 0 Å². The minimum atomic E-state index is -0.504. The third-order valence-electron chi connectivity index (χ3n) is 2.07. The van der Waals surface area contributed by atoms with Crippen LogP contribution in [-0.4, -0.2) is 23.2 Å². The number of hydrogen-bond acceptors (Lipinski definition) is 4. The van der Waals surface area contributed by atoms with E-state index in [0.29, 0.717) is 5.82 Å². The summed E-state index contributed by atoms with van der Waals surface area (Å²) in [6, 6.07) is 1.85. The lowest BCUT2D eigenvalue weighted by molar-refractivity contribution is 0.0535. The summed E-state index contributed by atoms with van der Waals surface area (Å²) in [5.74, 6) is 6.21. The molecular formula is C14H19N3O2. The van der Waals surface area contributed by atoms with Gasteiger partial charge in [0.15, 0.2) is 0 Å². The molecule has 1 amide bonds. The van der Waals surface area contributed by atoms with Gasteiger partial charge in [0, 0.05) is 11.8 Å². The van der Waals surface area contributed by atoms with Crippen molar-refractivity contribution < 1.29 is 9.53 Å². The van der Waals surface area contributed by atoms with Crippen molar-refractivity contribution >= 4 is 11.9 Å². The first kappa shape index (κ1) is 14.8. The maximum Gasteiger partial charge on any atom is 0.408 e. The van der Waals surface area contributed by atoms with Gasteiger partial charge in [0.1, 0.15) is 11.4 Å². The molecule has 0 aromatic carbocycles. The maximum atomic E-state index is 11.3.